The minimum absolute atomic E-state index is 0.0771. The first-order valence-electron chi connectivity index (χ1n) is 6.78. The van der Waals surface area contributed by atoms with Gasteiger partial charge in [-0.05, 0) is 24.7 Å². The molecule has 1 aliphatic heterocycles. The number of nitrogens with one attached hydrogen (secondary N) is 1. The molecular weight excluding hydrogens is 216 g/mol. The predicted molar refractivity (Wildman–Crippen MR) is 66.4 cm³/mol. The Hall–Kier alpha value is -0.610. The van der Waals surface area contributed by atoms with Crippen LogP contribution in [0.5, 0.6) is 0 Å². The van der Waals surface area contributed by atoms with Crippen LogP contribution in [0.1, 0.15) is 32.6 Å². The Bertz CT molecular complexity index is 270. The Labute approximate surface area is 103 Å². The highest BCUT2D eigenvalue weighted by molar-refractivity contribution is 5.79. The van der Waals surface area contributed by atoms with Crippen molar-refractivity contribution in [1.82, 2.24) is 5.32 Å². The largest absolute Gasteiger partial charge is 0.379 e. The molecule has 2 rings (SSSR count). The van der Waals surface area contributed by atoms with E-state index in [0.717, 1.165) is 12.5 Å². The summed E-state index contributed by atoms with van der Waals surface area (Å²) in [6, 6.07) is -0.125. The molecular formula is C13H24N2O2. The molecule has 17 heavy (non-hydrogen) atoms. The Morgan fingerprint density at radius 2 is 2.24 bits per heavy atom. The van der Waals surface area contributed by atoms with Gasteiger partial charge in [-0.25, -0.2) is 0 Å². The van der Waals surface area contributed by atoms with Crippen molar-refractivity contribution in [3.63, 3.8) is 0 Å². The third-order valence-electron chi connectivity index (χ3n) is 4.07. The lowest BCUT2D eigenvalue weighted by atomic mass is 9.82. The van der Waals surface area contributed by atoms with E-state index < -0.39 is 0 Å². The summed E-state index contributed by atoms with van der Waals surface area (Å²) in [4.78, 5) is 11.9. The van der Waals surface area contributed by atoms with Crippen LogP contribution in [0.25, 0.3) is 0 Å². The van der Waals surface area contributed by atoms with Crippen molar-refractivity contribution < 1.29 is 9.53 Å². The molecule has 2 fully saturated rings. The maximum Gasteiger partial charge on any atom is 0.227 e. The SMILES string of the molecule is CC1CCCC(CNC(=O)C2COCC2N)C1. The van der Waals surface area contributed by atoms with Gasteiger partial charge in [-0.15, -0.1) is 0 Å². The molecule has 1 amide bonds. The first-order chi connectivity index (χ1) is 8.16. The maximum atomic E-state index is 11.9. The summed E-state index contributed by atoms with van der Waals surface area (Å²) in [6.07, 6.45) is 5.13. The number of hydrogen-bond donors (Lipinski definition) is 2. The van der Waals surface area contributed by atoms with Crippen LogP contribution in [-0.4, -0.2) is 31.7 Å². The number of ether oxygens (including phenoxy) is 1. The van der Waals surface area contributed by atoms with Crippen LogP contribution >= 0.6 is 0 Å². The van der Waals surface area contributed by atoms with Gasteiger partial charge in [0.1, 0.15) is 0 Å². The zero-order valence-corrected chi connectivity index (χ0v) is 10.7. The quantitative estimate of drug-likeness (QED) is 0.770. The molecule has 1 saturated carbocycles. The van der Waals surface area contributed by atoms with E-state index in [1.54, 1.807) is 0 Å². The van der Waals surface area contributed by atoms with Gasteiger partial charge in [0.2, 0.25) is 5.91 Å². The number of carbonyl (C=O) groups excluding carboxylic acids is 1. The van der Waals surface area contributed by atoms with E-state index in [0.29, 0.717) is 19.1 Å². The molecule has 0 spiro atoms. The Morgan fingerprint density at radius 1 is 1.41 bits per heavy atom. The molecule has 98 valence electrons. The van der Waals surface area contributed by atoms with E-state index in [1.807, 2.05) is 0 Å². The van der Waals surface area contributed by atoms with Gasteiger partial charge in [0.25, 0.3) is 0 Å². The molecule has 1 saturated heterocycles. The molecule has 3 N–H and O–H groups in total. The molecule has 2 aliphatic rings. The summed E-state index contributed by atoms with van der Waals surface area (Å²) in [6.45, 7) is 4.10. The standard InChI is InChI=1S/C13H24N2O2/c1-9-3-2-4-10(5-9)6-15-13(16)11-7-17-8-12(11)14/h9-12H,2-8,14H2,1H3,(H,15,16). The highest BCUT2D eigenvalue weighted by Crippen LogP contribution is 2.28. The second-order valence-electron chi connectivity index (χ2n) is 5.69. The van der Waals surface area contributed by atoms with E-state index in [9.17, 15) is 4.79 Å². The monoisotopic (exact) mass is 240 g/mol. The topological polar surface area (TPSA) is 64.3 Å². The van der Waals surface area contributed by atoms with Gasteiger partial charge in [-0.3, -0.25) is 4.79 Å². The fraction of sp³-hybridized carbons (Fsp3) is 0.923. The van der Waals surface area contributed by atoms with Crippen LogP contribution in [0, 0.1) is 17.8 Å². The lowest BCUT2D eigenvalue weighted by Crippen LogP contribution is -2.42. The molecule has 4 unspecified atom stereocenters. The highest BCUT2D eigenvalue weighted by Gasteiger charge is 2.31. The Balaban J connectivity index is 1.72. The van der Waals surface area contributed by atoms with Crippen LogP contribution in [0.4, 0.5) is 0 Å². The number of amides is 1. The molecule has 0 aromatic rings. The molecule has 0 bridgehead atoms. The fourth-order valence-corrected chi connectivity index (χ4v) is 2.96. The minimum Gasteiger partial charge on any atom is -0.379 e. The van der Waals surface area contributed by atoms with Crippen molar-refractivity contribution in [2.24, 2.45) is 23.5 Å². The lowest BCUT2D eigenvalue weighted by Gasteiger charge is -2.27. The number of rotatable bonds is 3. The molecule has 4 nitrogen and oxygen atoms in total. The van der Waals surface area contributed by atoms with Crippen molar-refractivity contribution in [2.75, 3.05) is 19.8 Å². The van der Waals surface area contributed by atoms with Crippen molar-refractivity contribution >= 4 is 5.91 Å². The zero-order chi connectivity index (χ0) is 12.3. The van der Waals surface area contributed by atoms with Crippen LogP contribution < -0.4 is 11.1 Å². The van der Waals surface area contributed by atoms with Crippen molar-refractivity contribution in [2.45, 2.75) is 38.6 Å². The zero-order valence-electron chi connectivity index (χ0n) is 10.7. The average Bonchev–Trinajstić information content (AvgIpc) is 2.72. The third kappa shape index (κ3) is 3.42. The molecule has 0 aromatic carbocycles. The normalized spacial score (nSPS) is 38.0. The summed E-state index contributed by atoms with van der Waals surface area (Å²) >= 11 is 0. The van der Waals surface area contributed by atoms with Gasteiger partial charge in [0.15, 0.2) is 0 Å². The van der Waals surface area contributed by atoms with E-state index in [-0.39, 0.29) is 17.9 Å². The number of nitrogens with two attached hydrogens (primary N) is 1. The van der Waals surface area contributed by atoms with E-state index in [1.165, 1.54) is 25.7 Å². The summed E-state index contributed by atoms with van der Waals surface area (Å²) in [5.74, 6) is 1.40. The van der Waals surface area contributed by atoms with Crippen LogP contribution in [0.3, 0.4) is 0 Å². The van der Waals surface area contributed by atoms with Crippen LogP contribution in [0.2, 0.25) is 0 Å². The Morgan fingerprint density at radius 3 is 2.88 bits per heavy atom. The molecule has 0 aromatic heterocycles. The molecule has 1 aliphatic carbocycles. The van der Waals surface area contributed by atoms with Crippen LogP contribution in [-0.2, 0) is 9.53 Å². The first-order valence-corrected chi connectivity index (χ1v) is 6.78. The van der Waals surface area contributed by atoms with Crippen LogP contribution in [0.15, 0.2) is 0 Å². The average molecular weight is 240 g/mol. The van der Waals surface area contributed by atoms with Crippen molar-refractivity contribution in [1.29, 1.82) is 0 Å². The van der Waals surface area contributed by atoms with E-state index in [4.69, 9.17) is 10.5 Å². The van der Waals surface area contributed by atoms with Gasteiger partial charge in [-0.1, -0.05) is 19.8 Å². The number of hydrogen-bond acceptors (Lipinski definition) is 3. The minimum atomic E-state index is -0.143. The second-order valence-corrected chi connectivity index (χ2v) is 5.69. The highest BCUT2D eigenvalue weighted by atomic mass is 16.5. The predicted octanol–water partition coefficient (Wildman–Crippen LogP) is 0.903. The molecule has 4 heteroatoms. The molecule has 1 heterocycles. The van der Waals surface area contributed by atoms with E-state index >= 15 is 0 Å². The molecule has 0 radical (unpaired) electrons. The maximum absolute atomic E-state index is 11.9. The summed E-state index contributed by atoms with van der Waals surface area (Å²) in [5.41, 5.74) is 5.82. The Kier molecular flexibility index (Phi) is 4.40. The summed E-state index contributed by atoms with van der Waals surface area (Å²) in [5, 5.41) is 3.05. The third-order valence-corrected chi connectivity index (χ3v) is 4.07. The van der Waals surface area contributed by atoms with Crippen molar-refractivity contribution in [3.8, 4) is 0 Å². The van der Waals surface area contributed by atoms with Gasteiger partial charge in [-0.2, -0.15) is 0 Å². The summed E-state index contributed by atoms with van der Waals surface area (Å²) < 4.78 is 5.21. The van der Waals surface area contributed by atoms with Crippen molar-refractivity contribution in [3.05, 3.63) is 0 Å². The second kappa shape index (κ2) is 5.83. The first kappa shape index (κ1) is 12.8. The smallest absolute Gasteiger partial charge is 0.227 e. The fourth-order valence-electron chi connectivity index (χ4n) is 2.96. The van der Waals surface area contributed by atoms with Gasteiger partial charge in [0, 0.05) is 12.6 Å². The summed E-state index contributed by atoms with van der Waals surface area (Å²) in [7, 11) is 0. The van der Waals surface area contributed by atoms with Gasteiger partial charge >= 0.3 is 0 Å². The van der Waals surface area contributed by atoms with E-state index in [2.05, 4.69) is 12.2 Å². The molecule has 4 atom stereocenters. The number of carbonyl (C=O) groups is 1. The van der Waals surface area contributed by atoms with Gasteiger partial charge < -0.3 is 15.8 Å². The lowest BCUT2D eigenvalue weighted by molar-refractivity contribution is -0.125. The van der Waals surface area contributed by atoms with Gasteiger partial charge in [0.05, 0.1) is 19.1 Å².